The number of methoxy groups -OCH3 is 1. The van der Waals surface area contributed by atoms with Crippen LogP contribution in [0.5, 0.6) is 0 Å². The molecule has 1 fully saturated rings. The minimum Gasteiger partial charge on any atom is -0.388 e. The molecule has 1 saturated heterocycles. The second-order valence-electron chi connectivity index (χ2n) is 6.94. The topological polar surface area (TPSA) is 68.2 Å². The maximum absolute atomic E-state index is 10.1. The molecule has 5 heteroatoms. The van der Waals surface area contributed by atoms with E-state index in [1.54, 1.807) is 6.92 Å². The minimum atomic E-state index is -0.971. The highest BCUT2D eigenvalue weighted by Crippen LogP contribution is 2.24. The molecule has 24 heavy (non-hydrogen) atoms. The van der Waals surface area contributed by atoms with Gasteiger partial charge in [-0.2, -0.15) is 0 Å². The maximum Gasteiger partial charge on any atom is 0.186 e. The van der Waals surface area contributed by atoms with Crippen molar-refractivity contribution in [2.45, 2.75) is 109 Å². The summed E-state index contributed by atoms with van der Waals surface area (Å²) in [5.74, 6) is 0. The number of rotatable bonds is 13. The van der Waals surface area contributed by atoms with E-state index in [0.29, 0.717) is 6.61 Å². The van der Waals surface area contributed by atoms with Gasteiger partial charge in [-0.15, -0.1) is 0 Å². The first-order valence-corrected chi connectivity index (χ1v) is 9.77. The van der Waals surface area contributed by atoms with Crippen molar-refractivity contribution >= 4 is 0 Å². The molecule has 0 spiro atoms. The molecule has 0 radical (unpaired) electrons. The number of aliphatic hydroxyl groups is 2. The van der Waals surface area contributed by atoms with Crippen molar-refractivity contribution in [2.75, 3.05) is 13.7 Å². The lowest BCUT2D eigenvalue weighted by atomic mass is 10.00. The van der Waals surface area contributed by atoms with E-state index in [0.717, 1.165) is 12.8 Å². The Morgan fingerprint density at radius 2 is 1.38 bits per heavy atom. The first-order chi connectivity index (χ1) is 11.6. The van der Waals surface area contributed by atoms with Crippen molar-refractivity contribution in [3.05, 3.63) is 0 Å². The fourth-order valence-electron chi connectivity index (χ4n) is 3.18. The van der Waals surface area contributed by atoms with Crippen molar-refractivity contribution in [3.8, 4) is 0 Å². The highest BCUT2D eigenvalue weighted by molar-refractivity contribution is 4.88. The van der Waals surface area contributed by atoms with Crippen LogP contribution in [0.15, 0.2) is 0 Å². The van der Waals surface area contributed by atoms with Crippen LogP contribution in [-0.4, -0.2) is 54.6 Å². The van der Waals surface area contributed by atoms with E-state index in [2.05, 4.69) is 6.92 Å². The molecule has 2 N–H and O–H groups in total. The van der Waals surface area contributed by atoms with Gasteiger partial charge in [0.1, 0.15) is 18.3 Å². The van der Waals surface area contributed by atoms with Gasteiger partial charge in [-0.05, 0) is 13.3 Å². The molecular formula is C19H38O5. The number of unbranched alkanes of at least 4 members (excludes halogenated alkanes) is 9. The number of hydrogen-bond acceptors (Lipinski definition) is 5. The van der Waals surface area contributed by atoms with E-state index in [1.165, 1.54) is 58.5 Å². The smallest absolute Gasteiger partial charge is 0.186 e. The summed E-state index contributed by atoms with van der Waals surface area (Å²) in [6.07, 6.45) is 9.10. The standard InChI is InChI=1S/C19H38O5/c1-4-5-6-7-8-9-10-11-12-13-14-23-18-17(21)16(20)15(2)24-19(18)22-3/h15-21H,4-14H2,1-3H3/t15?,16-,17?,18-,19+/m0/s1. The predicted octanol–water partition coefficient (Wildman–Crippen LogP) is 3.41. The van der Waals surface area contributed by atoms with Crippen LogP contribution in [0.2, 0.25) is 0 Å². The minimum absolute atomic E-state index is 0.456. The Kier molecular flexibility index (Phi) is 11.9. The zero-order chi connectivity index (χ0) is 17.8. The molecule has 0 bridgehead atoms. The van der Waals surface area contributed by atoms with Gasteiger partial charge >= 0.3 is 0 Å². The largest absolute Gasteiger partial charge is 0.388 e. The van der Waals surface area contributed by atoms with Gasteiger partial charge in [0.05, 0.1) is 6.10 Å². The number of hydrogen-bond donors (Lipinski definition) is 2. The first-order valence-electron chi connectivity index (χ1n) is 9.77. The average molecular weight is 347 g/mol. The van der Waals surface area contributed by atoms with E-state index >= 15 is 0 Å². The lowest BCUT2D eigenvalue weighted by molar-refractivity contribution is -0.296. The van der Waals surface area contributed by atoms with Gasteiger partial charge in [-0.3, -0.25) is 0 Å². The van der Waals surface area contributed by atoms with Gasteiger partial charge in [0.25, 0.3) is 0 Å². The van der Waals surface area contributed by atoms with Crippen LogP contribution in [0.4, 0.5) is 0 Å². The van der Waals surface area contributed by atoms with E-state index < -0.39 is 30.7 Å². The maximum atomic E-state index is 10.1. The molecule has 1 heterocycles. The monoisotopic (exact) mass is 346 g/mol. The molecule has 1 aliphatic heterocycles. The second kappa shape index (κ2) is 13.1. The fraction of sp³-hybridized carbons (Fsp3) is 1.00. The molecule has 5 nitrogen and oxygen atoms in total. The highest BCUT2D eigenvalue weighted by Gasteiger charge is 2.43. The molecule has 1 rings (SSSR count). The van der Waals surface area contributed by atoms with Crippen molar-refractivity contribution in [3.63, 3.8) is 0 Å². The second-order valence-corrected chi connectivity index (χ2v) is 6.94. The quantitative estimate of drug-likeness (QED) is 0.500. The first kappa shape index (κ1) is 21.8. The molecule has 0 amide bonds. The van der Waals surface area contributed by atoms with Crippen LogP contribution in [0.1, 0.15) is 78.1 Å². The predicted molar refractivity (Wildman–Crippen MR) is 94.9 cm³/mol. The van der Waals surface area contributed by atoms with Crippen LogP contribution in [0, 0.1) is 0 Å². The zero-order valence-corrected chi connectivity index (χ0v) is 15.8. The number of aliphatic hydroxyl groups excluding tert-OH is 2. The molecule has 0 aromatic carbocycles. The zero-order valence-electron chi connectivity index (χ0n) is 15.8. The van der Waals surface area contributed by atoms with Gasteiger partial charge in [0.15, 0.2) is 6.29 Å². The van der Waals surface area contributed by atoms with E-state index in [4.69, 9.17) is 14.2 Å². The fourth-order valence-corrected chi connectivity index (χ4v) is 3.18. The van der Waals surface area contributed by atoms with Gasteiger partial charge in [0, 0.05) is 13.7 Å². The molecule has 0 saturated carbocycles. The summed E-state index contributed by atoms with van der Waals surface area (Å²) in [6.45, 7) is 4.53. The van der Waals surface area contributed by atoms with E-state index in [1.807, 2.05) is 0 Å². The third-order valence-electron chi connectivity index (χ3n) is 4.82. The van der Waals surface area contributed by atoms with Crippen molar-refractivity contribution in [2.24, 2.45) is 0 Å². The van der Waals surface area contributed by atoms with Crippen molar-refractivity contribution in [1.82, 2.24) is 0 Å². The molecule has 5 atom stereocenters. The Bertz CT molecular complexity index is 297. The van der Waals surface area contributed by atoms with Crippen LogP contribution in [0.3, 0.4) is 0 Å². The lowest BCUT2D eigenvalue weighted by Crippen LogP contribution is -2.58. The van der Waals surface area contributed by atoms with E-state index in [9.17, 15) is 10.2 Å². The summed E-state index contributed by atoms with van der Waals surface area (Å²) < 4.78 is 16.5. The van der Waals surface area contributed by atoms with Gasteiger partial charge in [-0.1, -0.05) is 64.7 Å². The van der Waals surface area contributed by atoms with Gasteiger partial charge in [0.2, 0.25) is 0 Å². The Hall–Kier alpha value is -0.200. The summed E-state index contributed by atoms with van der Waals surface area (Å²) in [5.41, 5.74) is 0. The SMILES string of the molecule is CCCCCCCCCCCCO[C@H]1C(O)[C@@H](O)C(C)O[C@H]1OC. The molecular weight excluding hydrogens is 308 g/mol. The molecule has 2 unspecified atom stereocenters. The summed E-state index contributed by atoms with van der Waals surface area (Å²) >= 11 is 0. The average Bonchev–Trinajstić information content (AvgIpc) is 2.59. The van der Waals surface area contributed by atoms with E-state index in [-0.39, 0.29) is 0 Å². The van der Waals surface area contributed by atoms with Crippen molar-refractivity contribution in [1.29, 1.82) is 0 Å². The lowest BCUT2D eigenvalue weighted by Gasteiger charge is -2.40. The third-order valence-corrected chi connectivity index (χ3v) is 4.82. The normalized spacial score (nSPS) is 30.6. The molecule has 0 aliphatic carbocycles. The Morgan fingerprint density at radius 3 is 1.92 bits per heavy atom. The summed E-state index contributed by atoms with van der Waals surface area (Å²) in [7, 11) is 1.53. The molecule has 0 aromatic rings. The van der Waals surface area contributed by atoms with Crippen LogP contribution in [-0.2, 0) is 14.2 Å². The Balaban J connectivity index is 2.05. The third kappa shape index (κ3) is 7.79. The van der Waals surface area contributed by atoms with Crippen LogP contribution in [0.25, 0.3) is 0 Å². The Labute approximate surface area is 147 Å². The molecule has 1 aliphatic rings. The van der Waals surface area contributed by atoms with Crippen LogP contribution < -0.4 is 0 Å². The summed E-state index contributed by atoms with van der Waals surface area (Å²) in [4.78, 5) is 0. The molecule has 0 aromatic heterocycles. The summed E-state index contributed by atoms with van der Waals surface area (Å²) in [6, 6.07) is 0. The summed E-state index contributed by atoms with van der Waals surface area (Å²) in [5, 5.41) is 20.0. The van der Waals surface area contributed by atoms with Crippen LogP contribution >= 0.6 is 0 Å². The number of ether oxygens (including phenoxy) is 3. The van der Waals surface area contributed by atoms with Gasteiger partial charge < -0.3 is 24.4 Å². The van der Waals surface area contributed by atoms with Gasteiger partial charge in [-0.25, -0.2) is 0 Å². The molecule has 144 valence electrons. The highest BCUT2D eigenvalue weighted by atomic mass is 16.7. The van der Waals surface area contributed by atoms with Crippen molar-refractivity contribution < 1.29 is 24.4 Å². The Morgan fingerprint density at radius 1 is 0.833 bits per heavy atom.